The van der Waals surface area contributed by atoms with Crippen LogP contribution in [-0.2, 0) is 17.1 Å². The van der Waals surface area contributed by atoms with Crippen LogP contribution in [0.1, 0.15) is 24.0 Å². The van der Waals surface area contributed by atoms with Crippen LogP contribution in [0.3, 0.4) is 0 Å². The first kappa shape index (κ1) is 24.0. The lowest BCUT2D eigenvalue weighted by molar-refractivity contribution is -0.126. The Kier molecular flexibility index (Phi) is 9.49. The summed E-state index contributed by atoms with van der Waals surface area (Å²) in [5, 5.41) is 5.61. The Morgan fingerprint density at radius 1 is 1.00 bits per heavy atom. The molecule has 0 unspecified atom stereocenters. The molecule has 30 heavy (non-hydrogen) atoms. The predicted molar refractivity (Wildman–Crippen MR) is 130 cm³/mol. The number of piperidine rings is 1. The molecule has 0 bridgehead atoms. The SMILES string of the molecule is O=C(NCCSCc1ccc(Cl)c(Cl)c1)C1CCN(Cc2c(Cl)cccc2Cl)CC1. The Morgan fingerprint density at radius 3 is 2.37 bits per heavy atom. The first-order chi connectivity index (χ1) is 14.4. The molecule has 0 atom stereocenters. The zero-order valence-corrected chi connectivity index (χ0v) is 20.3. The van der Waals surface area contributed by atoms with E-state index in [9.17, 15) is 4.79 Å². The maximum absolute atomic E-state index is 12.5. The van der Waals surface area contributed by atoms with E-state index in [0.29, 0.717) is 26.6 Å². The Bertz CT molecular complexity index is 852. The third kappa shape index (κ3) is 6.94. The monoisotopic (exact) mass is 504 g/mol. The van der Waals surface area contributed by atoms with Gasteiger partial charge >= 0.3 is 0 Å². The first-order valence-electron chi connectivity index (χ1n) is 9.88. The summed E-state index contributed by atoms with van der Waals surface area (Å²) in [6.07, 6.45) is 1.70. The first-order valence-corrected chi connectivity index (χ1v) is 12.6. The van der Waals surface area contributed by atoms with E-state index in [1.807, 2.05) is 36.4 Å². The number of carbonyl (C=O) groups is 1. The van der Waals surface area contributed by atoms with E-state index in [4.69, 9.17) is 46.4 Å². The number of rotatable bonds is 8. The maximum Gasteiger partial charge on any atom is 0.223 e. The van der Waals surface area contributed by atoms with Gasteiger partial charge in [-0.3, -0.25) is 9.69 Å². The predicted octanol–water partition coefficient (Wildman–Crippen LogP) is 6.56. The van der Waals surface area contributed by atoms with E-state index in [1.54, 1.807) is 11.8 Å². The summed E-state index contributed by atoms with van der Waals surface area (Å²) in [5.41, 5.74) is 2.09. The van der Waals surface area contributed by atoms with Gasteiger partial charge in [0.2, 0.25) is 5.91 Å². The molecule has 3 nitrogen and oxygen atoms in total. The van der Waals surface area contributed by atoms with Crippen molar-refractivity contribution in [1.82, 2.24) is 10.2 Å². The van der Waals surface area contributed by atoms with Crippen LogP contribution < -0.4 is 5.32 Å². The largest absolute Gasteiger partial charge is 0.355 e. The van der Waals surface area contributed by atoms with Crippen LogP contribution in [0.5, 0.6) is 0 Å². The molecule has 1 N–H and O–H groups in total. The Balaban J connectivity index is 1.33. The molecule has 3 rings (SSSR count). The summed E-state index contributed by atoms with van der Waals surface area (Å²) < 4.78 is 0. The molecule has 0 saturated carbocycles. The highest BCUT2D eigenvalue weighted by atomic mass is 35.5. The number of carbonyl (C=O) groups excluding carboxylic acids is 1. The molecule has 2 aromatic rings. The lowest BCUT2D eigenvalue weighted by Gasteiger charge is -2.31. The zero-order valence-electron chi connectivity index (χ0n) is 16.5. The summed E-state index contributed by atoms with van der Waals surface area (Å²) in [4.78, 5) is 14.8. The van der Waals surface area contributed by atoms with Crippen molar-refractivity contribution >= 4 is 64.1 Å². The zero-order chi connectivity index (χ0) is 21.5. The fourth-order valence-electron chi connectivity index (χ4n) is 3.47. The molecule has 8 heteroatoms. The van der Waals surface area contributed by atoms with Crippen molar-refractivity contribution in [3.63, 3.8) is 0 Å². The number of nitrogens with one attached hydrogen (secondary N) is 1. The molecule has 1 amide bonds. The number of thioether (sulfide) groups is 1. The summed E-state index contributed by atoms with van der Waals surface area (Å²) in [6, 6.07) is 11.3. The summed E-state index contributed by atoms with van der Waals surface area (Å²) in [7, 11) is 0. The van der Waals surface area contributed by atoms with Gasteiger partial charge in [0, 0.05) is 46.1 Å². The van der Waals surface area contributed by atoms with Gasteiger partial charge in [0.15, 0.2) is 0 Å². The number of nitrogens with zero attached hydrogens (tertiary/aromatic N) is 1. The maximum atomic E-state index is 12.5. The number of hydrogen-bond donors (Lipinski definition) is 1. The minimum Gasteiger partial charge on any atom is -0.355 e. The van der Waals surface area contributed by atoms with Crippen LogP contribution in [0, 0.1) is 5.92 Å². The molecule has 0 aromatic heterocycles. The summed E-state index contributed by atoms with van der Waals surface area (Å²) >= 11 is 26.3. The summed E-state index contributed by atoms with van der Waals surface area (Å²) in [6.45, 7) is 3.12. The molecular formula is C22H24Cl4N2OS. The second-order valence-electron chi connectivity index (χ2n) is 7.34. The third-order valence-electron chi connectivity index (χ3n) is 5.20. The van der Waals surface area contributed by atoms with Gasteiger partial charge in [-0.2, -0.15) is 11.8 Å². The van der Waals surface area contributed by atoms with E-state index in [2.05, 4.69) is 10.2 Å². The second-order valence-corrected chi connectivity index (χ2v) is 10.1. The van der Waals surface area contributed by atoms with Crippen molar-refractivity contribution in [2.75, 3.05) is 25.4 Å². The van der Waals surface area contributed by atoms with Gasteiger partial charge in [-0.15, -0.1) is 0 Å². The van der Waals surface area contributed by atoms with Crippen molar-refractivity contribution in [3.05, 3.63) is 67.6 Å². The lowest BCUT2D eigenvalue weighted by Crippen LogP contribution is -2.40. The standard InChI is InChI=1S/C22H24Cl4N2OS/c23-18-2-1-3-19(24)17(18)13-28-9-6-16(7-10-28)22(29)27-8-11-30-14-15-4-5-20(25)21(26)12-15/h1-5,12,16H,6-11,13-14H2,(H,27,29). The number of benzene rings is 2. The van der Waals surface area contributed by atoms with Gasteiger partial charge in [-0.05, 0) is 55.8 Å². The average molecular weight is 506 g/mol. The van der Waals surface area contributed by atoms with Gasteiger partial charge in [-0.25, -0.2) is 0 Å². The smallest absolute Gasteiger partial charge is 0.223 e. The molecule has 162 valence electrons. The highest BCUT2D eigenvalue weighted by molar-refractivity contribution is 7.98. The van der Waals surface area contributed by atoms with Gasteiger partial charge in [0.25, 0.3) is 0 Å². The molecule has 0 aliphatic carbocycles. The minimum atomic E-state index is 0.0723. The molecule has 1 heterocycles. The van der Waals surface area contributed by atoms with E-state index in [0.717, 1.165) is 55.1 Å². The lowest BCUT2D eigenvalue weighted by atomic mass is 9.95. The van der Waals surface area contributed by atoms with Crippen LogP contribution in [0.15, 0.2) is 36.4 Å². The van der Waals surface area contributed by atoms with Gasteiger partial charge < -0.3 is 5.32 Å². The van der Waals surface area contributed by atoms with E-state index in [-0.39, 0.29) is 11.8 Å². The Hall–Kier alpha value is -0.620. The highest BCUT2D eigenvalue weighted by Gasteiger charge is 2.25. The minimum absolute atomic E-state index is 0.0723. The third-order valence-corrected chi connectivity index (χ3v) is 7.68. The van der Waals surface area contributed by atoms with Crippen molar-refractivity contribution < 1.29 is 4.79 Å². The fourth-order valence-corrected chi connectivity index (χ4v) is 5.11. The van der Waals surface area contributed by atoms with E-state index in [1.165, 1.54) is 0 Å². The van der Waals surface area contributed by atoms with Crippen molar-refractivity contribution in [2.45, 2.75) is 25.1 Å². The fraction of sp³-hybridized carbons (Fsp3) is 0.409. The van der Waals surface area contributed by atoms with Crippen LogP contribution >= 0.6 is 58.2 Å². The molecule has 1 fully saturated rings. The molecule has 1 aliphatic heterocycles. The van der Waals surface area contributed by atoms with Crippen molar-refractivity contribution in [2.24, 2.45) is 5.92 Å². The van der Waals surface area contributed by atoms with Crippen LogP contribution in [0.25, 0.3) is 0 Å². The number of hydrogen-bond acceptors (Lipinski definition) is 3. The number of halogens is 4. The topological polar surface area (TPSA) is 32.3 Å². The normalized spacial score (nSPS) is 15.3. The second kappa shape index (κ2) is 11.8. The van der Waals surface area contributed by atoms with E-state index < -0.39 is 0 Å². The highest BCUT2D eigenvalue weighted by Crippen LogP contribution is 2.28. The number of amides is 1. The van der Waals surface area contributed by atoms with Gasteiger partial charge in [0.1, 0.15) is 0 Å². The van der Waals surface area contributed by atoms with Crippen LogP contribution in [0.2, 0.25) is 20.1 Å². The van der Waals surface area contributed by atoms with Crippen LogP contribution in [0.4, 0.5) is 0 Å². The molecule has 1 aliphatic rings. The molecule has 2 aromatic carbocycles. The Labute approximate surface area is 202 Å². The number of likely N-dealkylation sites (tertiary alicyclic amines) is 1. The van der Waals surface area contributed by atoms with Gasteiger partial charge in [-0.1, -0.05) is 58.5 Å². The molecule has 0 radical (unpaired) electrons. The molecule has 1 saturated heterocycles. The van der Waals surface area contributed by atoms with Crippen molar-refractivity contribution in [1.29, 1.82) is 0 Å². The van der Waals surface area contributed by atoms with E-state index >= 15 is 0 Å². The summed E-state index contributed by atoms with van der Waals surface area (Å²) in [5.74, 6) is 1.93. The molecular weight excluding hydrogens is 482 g/mol. The molecule has 0 spiro atoms. The Morgan fingerprint density at radius 2 is 1.70 bits per heavy atom. The average Bonchev–Trinajstić information content (AvgIpc) is 2.73. The van der Waals surface area contributed by atoms with Gasteiger partial charge in [0.05, 0.1) is 10.0 Å². The van der Waals surface area contributed by atoms with Crippen LogP contribution in [-0.4, -0.2) is 36.2 Å². The quantitative estimate of drug-likeness (QED) is 0.412. The van der Waals surface area contributed by atoms with Crippen molar-refractivity contribution in [3.8, 4) is 0 Å².